The minimum atomic E-state index is 0.00544. The van der Waals surface area contributed by atoms with Gasteiger partial charge in [0.25, 0.3) is 5.56 Å². The molecule has 0 bridgehead atoms. The van der Waals surface area contributed by atoms with Crippen LogP contribution in [-0.4, -0.2) is 28.2 Å². The highest BCUT2D eigenvalue weighted by Gasteiger charge is 2.13. The fourth-order valence-electron chi connectivity index (χ4n) is 2.23. The lowest BCUT2D eigenvalue weighted by molar-refractivity contribution is 0.470. The SMILES string of the molecule is CC(CBr)Cn1ncc(N2CCCCC2)cc1=O. The van der Waals surface area contributed by atoms with Crippen LogP contribution in [0.5, 0.6) is 0 Å². The van der Waals surface area contributed by atoms with E-state index in [1.54, 1.807) is 10.7 Å². The lowest BCUT2D eigenvalue weighted by Gasteiger charge is -2.28. The fourth-order valence-corrected chi connectivity index (χ4v) is 2.43. The molecular weight excluding hydrogens is 294 g/mol. The maximum Gasteiger partial charge on any atom is 0.268 e. The van der Waals surface area contributed by atoms with E-state index >= 15 is 0 Å². The van der Waals surface area contributed by atoms with Gasteiger partial charge in [0, 0.05) is 31.0 Å². The Morgan fingerprint density at radius 3 is 2.72 bits per heavy atom. The number of piperidine rings is 1. The minimum Gasteiger partial charge on any atom is -0.370 e. The van der Waals surface area contributed by atoms with Crippen LogP contribution in [0.25, 0.3) is 0 Å². The second-order valence-electron chi connectivity index (χ2n) is 5.04. The van der Waals surface area contributed by atoms with Crippen LogP contribution >= 0.6 is 15.9 Å². The Morgan fingerprint density at radius 2 is 2.11 bits per heavy atom. The largest absolute Gasteiger partial charge is 0.370 e. The minimum absolute atomic E-state index is 0.00544. The van der Waals surface area contributed by atoms with Crippen molar-refractivity contribution in [1.29, 1.82) is 0 Å². The van der Waals surface area contributed by atoms with Crippen molar-refractivity contribution in [3.8, 4) is 0 Å². The highest BCUT2D eigenvalue weighted by molar-refractivity contribution is 9.09. The van der Waals surface area contributed by atoms with E-state index < -0.39 is 0 Å². The molecule has 0 aliphatic carbocycles. The highest BCUT2D eigenvalue weighted by atomic mass is 79.9. The van der Waals surface area contributed by atoms with Crippen LogP contribution in [0, 0.1) is 5.92 Å². The monoisotopic (exact) mass is 313 g/mol. The molecule has 1 aliphatic rings. The fraction of sp³-hybridized carbons (Fsp3) is 0.692. The zero-order valence-electron chi connectivity index (χ0n) is 10.8. The van der Waals surface area contributed by atoms with E-state index in [0.717, 1.165) is 24.1 Å². The first-order valence-electron chi connectivity index (χ1n) is 6.59. The third-order valence-corrected chi connectivity index (χ3v) is 4.43. The Hall–Kier alpha value is -0.840. The van der Waals surface area contributed by atoms with E-state index in [0.29, 0.717) is 12.5 Å². The maximum atomic E-state index is 12.0. The first kappa shape index (κ1) is 13.6. The molecule has 100 valence electrons. The molecule has 2 heterocycles. The smallest absolute Gasteiger partial charge is 0.268 e. The van der Waals surface area contributed by atoms with Gasteiger partial charge in [-0.25, -0.2) is 4.68 Å². The van der Waals surface area contributed by atoms with Crippen LogP contribution < -0.4 is 10.5 Å². The van der Waals surface area contributed by atoms with Crippen molar-refractivity contribution >= 4 is 21.6 Å². The molecule has 0 radical (unpaired) electrons. The molecule has 1 aliphatic heterocycles. The van der Waals surface area contributed by atoms with Crippen molar-refractivity contribution < 1.29 is 0 Å². The van der Waals surface area contributed by atoms with Crippen LogP contribution in [0.1, 0.15) is 26.2 Å². The van der Waals surface area contributed by atoms with Crippen LogP contribution in [-0.2, 0) is 6.54 Å². The molecule has 0 aromatic carbocycles. The van der Waals surface area contributed by atoms with E-state index in [9.17, 15) is 4.79 Å². The molecule has 0 amide bonds. The summed E-state index contributed by atoms with van der Waals surface area (Å²) in [6.45, 7) is 4.86. The molecule has 4 nitrogen and oxygen atoms in total. The number of alkyl halides is 1. The van der Waals surface area contributed by atoms with Gasteiger partial charge < -0.3 is 4.90 Å². The van der Waals surface area contributed by atoms with Gasteiger partial charge in [-0.05, 0) is 25.2 Å². The van der Waals surface area contributed by atoms with Crippen molar-refractivity contribution in [2.45, 2.75) is 32.7 Å². The van der Waals surface area contributed by atoms with Crippen molar-refractivity contribution in [2.75, 3.05) is 23.3 Å². The number of hydrogen-bond donors (Lipinski definition) is 0. The normalized spacial score (nSPS) is 17.8. The Morgan fingerprint density at radius 1 is 1.39 bits per heavy atom. The number of hydrogen-bond acceptors (Lipinski definition) is 3. The molecule has 0 N–H and O–H groups in total. The molecule has 1 fully saturated rings. The van der Waals surface area contributed by atoms with Crippen LogP contribution in [0.4, 0.5) is 5.69 Å². The Kier molecular flexibility index (Phi) is 4.80. The molecule has 1 saturated heterocycles. The second kappa shape index (κ2) is 6.36. The summed E-state index contributed by atoms with van der Waals surface area (Å²) < 4.78 is 1.55. The van der Waals surface area contributed by atoms with E-state index in [1.165, 1.54) is 19.3 Å². The predicted octanol–water partition coefficient (Wildman–Crippen LogP) is 2.26. The van der Waals surface area contributed by atoms with Gasteiger partial charge in [0.2, 0.25) is 0 Å². The molecule has 5 heteroatoms. The molecule has 1 unspecified atom stereocenters. The number of anilines is 1. The molecule has 18 heavy (non-hydrogen) atoms. The molecule has 0 spiro atoms. The van der Waals surface area contributed by atoms with Gasteiger partial charge in [0.15, 0.2) is 0 Å². The van der Waals surface area contributed by atoms with Gasteiger partial charge in [-0.2, -0.15) is 5.10 Å². The topological polar surface area (TPSA) is 38.1 Å². The molecule has 0 saturated carbocycles. The highest BCUT2D eigenvalue weighted by Crippen LogP contribution is 2.16. The summed E-state index contributed by atoms with van der Waals surface area (Å²) in [4.78, 5) is 14.3. The van der Waals surface area contributed by atoms with Crippen molar-refractivity contribution in [3.05, 3.63) is 22.6 Å². The zero-order chi connectivity index (χ0) is 13.0. The number of rotatable bonds is 4. The molecule has 1 atom stereocenters. The summed E-state index contributed by atoms with van der Waals surface area (Å²) in [5.74, 6) is 0.413. The molecular formula is C13H20BrN3O. The summed E-state index contributed by atoms with van der Waals surface area (Å²) in [5, 5.41) is 5.17. The van der Waals surface area contributed by atoms with E-state index in [-0.39, 0.29) is 5.56 Å². The quantitative estimate of drug-likeness (QED) is 0.800. The third kappa shape index (κ3) is 3.34. The second-order valence-corrected chi connectivity index (χ2v) is 5.69. The number of nitrogens with zero attached hydrogens (tertiary/aromatic N) is 3. The average Bonchev–Trinajstić information content (AvgIpc) is 2.42. The molecule has 1 aromatic heterocycles. The van der Waals surface area contributed by atoms with Gasteiger partial charge in [0.1, 0.15) is 0 Å². The first-order chi connectivity index (χ1) is 8.70. The average molecular weight is 314 g/mol. The van der Waals surface area contributed by atoms with Gasteiger partial charge >= 0.3 is 0 Å². The summed E-state index contributed by atoms with van der Waals surface area (Å²) in [5.41, 5.74) is 0.980. The van der Waals surface area contributed by atoms with E-state index in [1.807, 2.05) is 6.20 Å². The van der Waals surface area contributed by atoms with Crippen LogP contribution in [0.2, 0.25) is 0 Å². The Labute approximate surface area is 116 Å². The summed E-state index contributed by atoms with van der Waals surface area (Å²) in [6, 6.07) is 1.72. The molecule has 2 rings (SSSR count). The Bertz CT molecular complexity index is 440. The number of halogens is 1. The molecule has 1 aromatic rings. The van der Waals surface area contributed by atoms with Gasteiger partial charge in [0.05, 0.1) is 11.9 Å². The standard InChI is InChI=1S/C13H20BrN3O/c1-11(8-14)10-17-13(18)7-12(9-15-17)16-5-3-2-4-6-16/h7,9,11H,2-6,8,10H2,1H3. The van der Waals surface area contributed by atoms with Gasteiger partial charge in [-0.1, -0.05) is 22.9 Å². The lowest BCUT2D eigenvalue weighted by atomic mass is 10.1. The van der Waals surface area contributed by atoms with E-state index in [4.69, 9.17) is 0 Å². The number of aromatic nitrogens is 2. The Balaban J connectivity index is 2.11. The van der Waals surface area contributed by atoms with Crippen molar-refractivity contribution in [3.63, 3.8) is 0 Å². The lowest BCUT2D eigenvalue weighted by Crippen LogP contribution is -2.32. The van der Waals surface area contributed by atoms with Crippen molar-refractivity contribution in [1.82, 2.24) is 9.78 Å². The predicted molar refractivity (Wildman–Crippen MR) is 77.5 cm³/mol. The summed E-state index contributed by atoms with van der Waals surface area (Å²) >= 11 is 3.42. The van der Waals surface area contributed by atoms with Crippen LogP contribution in [0.3, 0.4) is 0 Å². The van der Waals surface area contributed by atoms with E-state index in [2.05, 4.69) is 32.9 Å². The summed E-state index contributed by atoms with van der Waals surface area (Å²) in [7, 11) is 0. The van der Waals surface area contributed by atoms with Gasteiger partial charge in [-0.3, -0.25) is 4.79 Å². The first-order valence-corrected chi connectivity index (χ1v) is 7.71. The van der Waals surface area contributed by atoms with Gasteiger partial charge in [-0.15, -0.1) is 0 Å². The maximum absolute atomic E-state index is 12.0. The third-order valence-electron chi connectivity index (χ3n) is 3.32. The zero-order valence-corrected chi connectivity index (χ0v) is 12.4. The van der Waals surface area contributed by atoms with Crippen LogP contribution in [0.15, 0.2) is 17.1 Å². The summed E-state index contributed by atoms with van der Waals surface area (Å²) in [6.07, 6.45) is 5.55. The van der Waals surface area contributed by atoms with Crippen molar-refractivity contribution in [2.24, 2.45) is 5.92 Å².